The fourth-order valence-electron chi connectivity index (χ4n) is 3.32. The molecule has 21 heavy (non-hydrogen) atoms. The van der Waals surface area contributed by atoms with Gasteiger partial charge in [0.05, 0.1) is 17.9 Å². The summed E-state index contributed by atoms with van der Waals surface area (Å²) in [5.74, 6) is 0.784. The van der Waals surface area contributed by atoms with Crippen LogP contribution in [0.1, 0.15) is 31.7 Å². The van der Waals surface area contributed by atoms with Crippen molar-refractivity contribution in [1.82, 2.24) is 14.1 Å². The molecule has 120 valence electrons. The highest BCUT2D eigenvalue weighted by Crippen LogP contribution is 2.29. The Morgan fingerprint density at radius 2 is 1.81 bits per heavy atom. The van der Waals surface area contributed by atoms with Gasteiger partial charge in [0.25, 0.3) is 0 Å². The average molecular weight is 314 g/mol. The van der Waals surface area contributed by atoms with E-state index >= 15 is 0 Å². The van der Waals surface area contributed by atoms with E-state index in [1.807, 2.05) is 0 Å². The molecule has 2 unspecified atom stereocenters. The van der Waals surface area contributed by atoms with E-state index in [2.05, 4.69) is 18.9 Å². The molecular weight excluding hydrogens is 288 g/mol. The first-order valence-corrected chi connectivity index (χ1v) is 8.95. The zero-order valence-corrected chi connectivity index (χ0v) is 14.2. The van der Waals surface area contributed by atoms with Gasteiger partial charge in [0.2, 0.25) is 10.0 Å². The fourth-order valence-corrected chi connectivity index (χ4v) is 5.38. The lowest BCUT2D eigenvalue weighted by atomic mass is 9.94. The third-order valence-corrected chi connectivity index (χ3v) is 6.17. The fraction of sp³-hybridized carbons (Fsp3) is 0.786. The molecule has 7 heteroatoms. The van der Waals surface area contributed by atoms with Gasteiger partial charge in [-0.25, -0.2) is 8.42 Å². The van der Waals surface area contributed by atoms with Crippen LogP contribution in [-0.4, -0.2) is 42.1 Å². The van der Waals surface area contributed by atoms with Crippen LogP contribution in [-0.2, 0) is 16.6 Å². The summed E-state index contributed by atoms with van der Waals surface area (Å²) in [5, 5.41) is 4.33. The molecule has 0 spiro atoms. The van der Waals surface area contributed by atoms with Crippen molar-refractivity contribution in [3.63, 3.8) is 0 Å². The van der Waals surface area contributed by atoms with Gasteiger partial charge in [-0.3, -0.25) is 4.68 Å². The van der Waals surface area contributed by atoms with Crippen molar-refractivity contribution in [3.8, 4) is 0 Å². The minimum Gasteiger partial charge on any atom is -0.329 e. The highest BCUT2D eigenvalue weighted by molar-refractivity contribution is 7.89. The van der Waals surface area contributed by atoms with Gasteiger partial charge >= 0.3 is 0 Å². The summed E-state index contributed by atoms with van der Waals surface area (Å²) in [7, 11) is -3.48. The topological polar surface area (TPSA) is 81.2 Å². The highest BCUT2D eigenvalue weighted by atomic mass is 32.2. The van der Waals surface area contributed by atoms with Crippen LogP contribution in [0.5, 0.6) is 0 Å². The van der Waals surface area contributed by atoms with E-state index in [0.29, 0.717) is 54.3 Å². The minimum absolute atomic E-state index is 0.359. The molecule has 0 radical (unpaired) electrons. The van der Waals surface area contributed by atoms with Gasteiger partial charge in [-0.1, -0.05) is 13.8 Å². The molecule has 1 saturated heterocycles. The lowest BCUT2D eigenvalue weighted by Crippen LogP contribution is -2.42. The molecule has 1 aromatic rings. The Balaban J connectivity index is 2.40. The molecule has 1 aliphatic heterocycles. The summed E-state index contributed by atoms with van der Waals surface area (Å²) < 4.78 is 29.3. The predicted molar refractivity (Wildman–Crippen MR) is 82.5 cm³/mol. The summed E-state index contributed by atoms with van der Waals surface area (Å²) in [6.45, 7) is 9.93. The van der Waals surface area contributed by atoms with Crippen LogP contribution in [0.2, 0.25) is 0 Å². The molecule has 2 N–H and O–H groups in total. The van der Waals surface area contributed by atoms with Gasteiger partial charge in [0, 0.05) is 19.6 Å². The summed E-state index contributed by atoms with van der Waals surface area (Å²) >= 11 is 0. The van der Waals surface area contributed by atoms with E-state index in [-0.39, 0.29) is 0 Å². The van der Waals surface area contributed by atoms with Crippen LogP contribution in [0.4, 0.5) is 0 Å². The van der Waals surface area contributed by atoms with Crippen LogP contribution in [0, 0.1) is 25.7 Å². The molecule has 0 saturated carbocycles. The molecule has 0 aliphatic carbocycles. The molecule has 2 rings (SSSR count). The lowest BCUT2D eigenvalue weighted by Gasteiger charge is -2.34. The second-order valence-corrected chi connectivity index (χ2v) is 8.15. The van der Waals surface area contributed by atoms with Crippen molar-refractivity contribution in [1.29, 1.82) is 0 Å². The summed E-state index contributed by atoms with van der Waals surface area (Å²) in [6.07, 6.45) is 1.08. The van der Waals surface area contributed by atoms with E-state index in [4.69, 9.17) is 5.73 Å². The number of nitrogens with zero attached hydrogens (tertiary/aromatic N) is 3. The SMILES string of the molecule is Cc1nn(CCN)c(C)c1S(=O)(=O)N1CC(C)CC(C)C1. The van der Waals surface area contributed by atoms with Gasteiger partial charge in [-0.15, -0.1) is 0 Å². The largest absolute Gasteiger partial charge is 0.329 e. The summed E-state index contributed by atoms with van der Waals surface area (Å²) in [4.78, 5) is 0.359. The number of nitrogens with two attached hydrogens (primary N) is 1. The van der Waals surface area contributed by atoms with Crippen LogP contribution < -0.4 is 5.73 Å². The van der Waals surface area contributed by atoms with Crippen LogP contribution in [0.15, 0.2) is 4.90 Å². The standard InChI is InChI=1S/C14H26N4O2S/c1-10-7-11(2)9-17(8-10)21(19,20)14-12(3)16-18(6-5-15)13(14)4/h10-11H,5-9,15H2,1-4H3. The molecule has 1 aliphatic rings. The molecule has 1 fully saturated rings. The van der Waals surface area contributed by atoms with Crippen molar-refractivity contribution < 1.29 is 8.42 Å². The zero-order valence-electron chi connectivity index (χ0n) is 13.3. The number of hydrogen-bond acceptors (Lipinski definition) is 4. The van der Waals surface area contributed by atoms with Gasteiger partial charge < -0.3 is 5.73 Å². The van der Waals surface area contributed by atoms with Gasteiger partial charge in [0.1, 0.15) is 4.90 Å². The minimum atomic E-state index is -3.48. The monoisotopic (exact) mass is 314 g/mol. The van der Waals surface area contributed by atoms with Gasteiger partial charge in [-0.05, 0) is 32.1 Å². The predicted octanol–water partition coefficient (Wildman–Crippen LogP) is 1.13. The first-order valence-electron chi connectivity index (χ1n) is 7.51. The Hall–Kier alpha value is -0.920. The smallest absolute Gasteiger partial charge is 0.246 e. The van der Waals surface area contributed by atoms with Crippen LogP contribution >= 0.6 is 0 Å². The molecule has 0 bridgehead atoms. The van der Waals surface area contributed by atoms with E-state index in [0.717, 1.165) is 6.42 Å². The van der Waals surface area contributed by atoms with Gasteiger partial charge in [-0.2, -0.15) is 9.40 Å². The van der Waals surface area contributed by atoms with Crippen molar-refractivity contribution in [3.05, 3.63) is 11.4 Å². The molecule has 2 atom stereocenters. The maximum absolute atomic E-state index is 13.0. The Kier molecular flexibility index (Phi) is 4.75. The third-order valence-electron chi connectivity index (χ3n) is 4.09. The molecule has 2 heterocycles. The van der Waals surface area contributed by atoms with Crippen molar-refractivity contribution in [2.45, 2.75) is 45.6 Å². The number of hydrogen-bond donors (Lipinski definition) is 1. The molecular formula is C14H26N4O2S. The lowest BCUT2D eigenvalue weighted by molar-refractivity contribution is 0.222. The quantitative estimate of drug-likeness (QED) is 0.903. The first-order chi connectivity index (χ1) is 9.77. The van der Waals surface area contributed by atoms with Gasteiger partial charge in [0.15, 0.2) is 0 Å². The maximum atomic E-state index is 13.0. The number of aryl methyl sites for hydroxylation is 1. The van der Waals surface area contributed by atoms with E-state index in [9.17, 15) is 8.42 Å². The summed E-state index contributed by atoms with van der Waals surface area (Å²) in [5.41, 5.74) is 6.80. The number of aromatic nitrogens is 2. The number of piperidine rings is 1. The highest BCUT2D eigenvalue weighted by Gasteiger charge is 2.35. The van der Waals surface area contributed by atoms with E-state index < -0.39 is 10.0 Å². The van der Waals surface area contributed by atoms with Crippen molar-refractivity contribution in [2.75, 3.05) is 19.6 Å². The Morgan fingerprint density at radius 1 is 1.24 bits per heavy atom. The summed E-state index contributed by atoms with van der Waals surface area (Å²) in [6, 6.07) is 0. The van der Waals surface area contributed by atoms with Crippen LogP contribution in [0.25, 0.3) is 0 Å². The molecule has 6 nitrogen and oxygen atoms in total. The number of rotatable bonds is 4. The Morgan fingerprint density at radius 3 is 2.33 bits per heavy atom. The first kappa shape index (κ1) is 16.5. The Bertz CT molecular complexity index is 599. The van der Waals surface area contributed by atoms with Crippen LogP contribution in [0.3, 0.4) is 0 Å². The Labute approximate surface area is 127 Å². The molecule has 0 aromatic carbocycles. The van der Waals surface area contributed by atoms with Crippen molar-refractivity contribution >= 4 is 10.0 Å². The second kappa shape index (κ2) is 6.06. The van der Waals surface area contributed by atoms with Crippen molar-refractivity contribution in [2.24, 2.45) is 17.6 Å². The number of sulfonamides is 1. The zero-order chi connectivity index (χ0) is 15.8. The molecule has 1 aromatic heterocycles. The average Bonchev–Trinajstić information content (AvgIpc) is 2.64. The van der Waals surface area contributed by atoms with E-state index in [1.165, 1.54) is 0 Å². The second-order valence-electron chi connectivity index (χ2n) is 6.28. The maximum Gasteiger partial charge on any atom is 0.246 e. The molecule has 0 amide bonds. The van der Waals surface area contributed by atoms with E-state index in [1.54, 1.807) is 22.8 Å². The third kappa shape index (κ3) is 3.14. The normalized spacial score (nSPS) is 24.4.